The Morgan fingerprint density at radius 3 is 2.88 bits per heavy atom. The fourth-order valence-corrected chi connectivity index (χ4v) is 1.71. The normalized spacial score (nSPS) is 10.9. The molecule has 0 saturated heterocycles. The van der Waals surface area contributed by atoms with Gasteiger partial charge in [0.05, 0.1) is 5.56 Å². The second-order valence-electron chi connectivity index (χ2n) is 3.86. The first-order valence-corrected chi connectivity index (χ1v) is 5.25. The van der Waals surface area contributed by atoms with Crippen molar-refractivity contribution in [2.24, 2.45) is 0 Å². The van der Waals surface area contributed by atoms with E-state index in [-0.39, 0.29) is 5.75 Å². The van der Waals surface area contributed by atoms with E-state index in [1.54, 1.807) is 30.5 Å². The first-order valence-electron chi connectivity index (χ1n) is 5.25. The molecule has 1 aromatic carbocycles. The van der Waals surface area contributed by atoms with Gasteiger partial charge in [-0.25, -0.2) is 4.98 Å². The number of pyridine rings is 1. The first-order chi connectivity index (χ1) is 8.24. The van der Waals surface area contributed by atoms with Crippen LogP contribution < -0.4 is 0 Å². The third kappa shape index (κ3) is 1.63. The minimum absolute atomic E-state index is 0.163. The van der Waals surface area contributed by atoms with Crippen molar-refractivity contribution in [3.63, 3.8) is 0 Å². The molecule has 3 rings (SSSR count). The Morgan fingerprint density at radius 2 is 2.12 bits per heavy atom. The smallest absolute Gasteiger partial charge is 0.232 e. The third-order valence-corrected chi connectivity index (χ3v) is 2.55. The van der Waals surface area contributed by atoms with Crippen molar-refractivity contribution < 1.29 is 9.52 Å². The second-order valence-corrected chi connectivity index (χ2v) is 3.86. The summed E-state index contributed by atoms with van der Waals surface area (Å²) in [7, 11) is 0. The topological polar surface area (TPSA) is 59.2 Å². The lowest BCUT2D eigenvalue weighted by atomic mass is 10.1. The highest BCUT2D eigenvalue weighted by Crippen LogP contribution is 2.30. The number of aryl methyl sites for hydroxylation is 1. The molecule has 0 fully saturated rings. The van der Waals surface area contributed by atoms with Crippen LogP contribution in [0.1, 0.15) is 5.56 Å². The van der Waals surface area contributed by atoms with Crippen LogP contribution >= 0.6 is 0 Å². The van der Waals surface area contributed by atoms with Crippen LogP contribution in [0.3, 0.4) is 0 Å². The van der Waals surface area contributed by atoms with Crippen LogP contribution in [0, 0.1) is 6.92 Å². The van der Waals surface area contributed by atoms with Gasteiger partial charge in [0.2, 0.25) is 5.89 Å². The summed E-state index contributed by atoms with van der Waals surface area (Å²) in [5, 5.41) is 9.85. The van der Waals surface area contributed by atoms with E-state index in [9.17, 15) is 5.11 Å². The molecular weight excluding hydrogens is 216 g/mol. The summed E-state index contributed by atoms with van der Waals surface area (Å²) >= 11 is 0. The molecule has 0 atom stereocenters. The van der Waals surface area contributed by atoms with E-state index >= 15 is 0 Å². The van der Waals surface area contributed by atoms with Crippen molar-refractivity contribution in [2.75, 3.05) is 0 Å². The first kappa shape index (κ1) is 9.84. The molecule has 0 unspecified atom stereocenters. The molecule has 0 aliphatic rings. The highest BCUT2D eigenvalue weighted by molar-refractivity contribution is 5.74. The average Bonchev–Trinajstić information content (AvgIpc) is 2.72. The summed E-state index contributed by atoms with van der Waals surface area (Å²) in [6.45, 7) is 1.91. The van der Waals surface area contributed by atoms with Gasteiger partial charge in [0, 0.05) is 6.20 Å². The number of oxazole rings is 1. The summed E-state index contributed by atoms with van der Waals surface area (Å²) in [6.07, 6.45) is 1.66. The van der Waals surface area contributed by atoms with E-state index in [0.717, 1.165) is 5.56 Å². The fourth-order valence-electron chi connectivity index (χ4n) is 1.71. The largest absolute Gasteiger partial charge is 0.507 e. The van der Waals surface area contributed by atoms with Crippen molar-refractivity contribution in [3.05, 3.63) is 42.1 Å². The fraction of sp³-hybridized carbons (Fsp3) is 0.0769. The molecule has 0 amide bonds. The Morgan fingerprint density at radius 1 is 1.24 bits per heavy atom. The van der Waals surface area contributed by atoms with Crippen LogP contribution in [0.2, 0.25) is 0 Å². The molecule has 2 aromatic heterocycles. The summed E-state index contributed by atoms with van der Waals surface area (Å²) < 4.78 is 5.54. The molecule has 2 heterocycles. The number of nitrogens with zero attached hydrogens (tertiary/aromatic N) is 2. The standard InChI is InChI=1S/C13H10N2O2/c1-8-4-5-9(10(16)7-8)13-15-12-11(17-13)3-2-6-14-12/h2-7,16H,1H3. The summed E-state index contributed by atoms with van der Waals surface area (Å²) in [6, 6.07) is 8.95. The van der Waals surface area contributed by atoms with Crippen molar-refractivity contribution in [3.8, 4) is 17.2 Å². The number of rotatable bonds is 1. The number of benzene rings is 1. The van der Waals surface area contributed by atoms with Gasteiger partial charge >= 0.3 is 0 Å². The molecule has 3 aromatic rings. The number of aromatic hydroxyl groups is 1. The zero-order valence-electron chi connectivity index (χ0n) is 9.21. The van der Waals surface area contributed by atoms with E-state index in [1.165, 1.54) is 0 Å². The van der Waals surface area contributed by atoms with Gasteiger partial charge in [0.25, 0.3) is 0 Å². The van der Waals surface area contributed by atoms with Gasteiger partial charge in [0.15, 0.2) is 11.2 Å². The molecule has 4 heteroatoms. The second kappa shape index (κ2) is 3.59. The van der Waals surface area contributed by atoms with Crippen LogP contribution in [-0.2, 0) is 0 Å². The molecule has 4 nitrogen and oxygen atoms in total. The van der Waals surface area contributed by atoms with Crippen molar-refractivity contribution in [1.29, 1.82) is 0 Å². The Labute approximate surface area is 97.6 Å². The number of hydrogen-bond donors (Lipinski definition) is 1. The maximum Gasteiger partial charge on any atom is 0.232 e. The van der Waals surface area contributed by atoms with E-state index in [0.29, 0.717) is 22.7 Å². The van der Waals surface area contributed by atoms with Gasteiger partial charge in [-0.15, -0.1) is 0 Å². The lowest BCUT2D eigenvalue weighted by Crippen LogP contribution is -1.80. The van der Waals surface area contributed by atoms with E-state index in [2.05, 4.69) is 9.97 Å². The zero-order chi connectivity index (χ0) is 11.8. The number of phenols is 1. The van der Waals surface area contributed by atoms with E-state index < -0.39 is 0 Å². The lowest BCUT2D eigenvalue weighted by Gasteiger charge is -2.00. The molecule has 0 bridgehead atoms. The number of phenolic OH excluding ortho intramolecular Hbond substituents is 1. The quantitative estimate of drug-likeness (QED) is 0.693. The number of fused-ring (bicyclic) bond motifs is 1. The lowest BCUT2D eigenvalue weighted by molar-refractivity contribution is 0.473. The van der Waals surface area contributed by atoms with Crippen molar-refractivity contribution >= 4 is 11.2 Å². The van der Waals surface area contributed by atoms with Crippen LogP contribution in [0.5, 0.6) is 5.75 Å². The van der Waals surface area contributed by atoms with E-state index in [4.69, 9.17) is 4.42 Å². The van der Waals surface area contributed by atoms with Crippen LogP contribution in [0.4, 0.5) is 0 Å². The molecule has 17 heavy (non-hydrogen) atoms. The molecule has 0 aliphatic carbocycles. The molecule has 84 valence electrons. The summed E-state index contributed by atoms with van der Waals surface area (Å²) in [5.74, 6) is 0.549. The van der Waals surface area contributed by atoms with Crippen molar-refractivity contribution in [2.45, 2.75) is 6.92 Å². The van der Waals surface area contributed by atoms with Crippen LogP contribution in [-0.4, -0.2) is 15.1 Å². The van der Waals surface area contributed by atoms with Gasteiger partial charge < -0.3 is 9.52 Å². The van der Waals surface area contributed by atoms with E-state index in [1.807, 2.05) is 13.0 Å². The third-order valence-electron chi connectivity index (χ3n) is 2.55. The molecule has 0 radical (unpaired) electrons. The maximum atomic E-state index is 9.85. The highest BCUT2D eigenvalue weighted by Gasteiger charge is 2.12. The van der Waals surface area contributed by atoms with Gasteiger partial charge in [-0.1, -0.05) is 6.07 Å². The molecule has 1 N–H and O–H groups in total. The average molecular weight is 226 g/mol. The highest BCUT2D eigenvalue weighted by atomic mass is 16.4. The number of hydrogen-bond acceptors (Lipinski definition) is 4. The predicted molar refractivity (Wildman–Crippen MR) is 63.6 cm³/mol. The Hall–Kier alpha value is -2.36. The molecule has 0 saturated carbocycles. The van der Waals surface area contributed by atoms with Gasteiger partial charge in [-0.2, -0.15) is 4.98 Å². The van der Waals surface area contributed by atoms with Crippen LogP contribution in [0.15, 0.2) is 40.9 Å². The van der Waals surface area contributed by atoms with Crippen LogP contribution in [0.25, 0.3) is 22.7 Å². The predicted octanol–water partition coefficient (Wildman–Crippen LogP) is 2.90. The zero-order valence-corrected chi connectivity index (χ0v) is 9.21. The minimum atomic E-state index is 0.163. The molecular formula is C13H10N2O2. The monoisotopic (exact) mass is 226 g/mol. The minimum Gasteiger partial charge on any atom is -0.507 e. The number of aromatic nitrogens is 2. The Balaban J connectivity index is 2.20. The Bertz CT molecular complexity index is 656. The maximum absolute atomic E-state index is 9.85. The molecule has 0 aliphatic heterocycles. The van der Waals surface area contributed by atoms with Gasteiger partial charge in [-0.05, 0) is 36.8 Å². The summed E-state index contributed by atoms with van der Waals surface area (Å²) in [4.78, 5) is 8.32. The van der Waals surface area contributed by atoms with Gasteiger partial charge in [0.1, 0.15) is 5.75 Å². The SMILES string of the molecule is Cc1ccc(-c2nc3ncccc3o2)c(O)c1. The van der Waals surface area contributed by atoms with Crippen molar-refractivity contribution in [1.82, 2.24) is 9.97 Å². The molecule has 0 spiro atoms. The Kier molecular flexibility index (Phi) is 2.08. The summed E-state index contributed by atoms with van der Waals surface area (Å²) in [5.41, 5.74) is 2.72. The van der Waals surface area contributed by atoms with Gasteiger partial charge in [-0.3, -0.25) is 0 Å².